The first-order valence-electron chi connectivity index (χ1n) is 7.25. The number of rotatable bonds is 7. The Bertz CT molecular complexity index is 738. The number of carbonyl (C=O) groups is 2. The fourth-order valence-electron chi connectivity index (χ4n) is 2.14. The van der Waals surface area contributed by atoms with Gasteiger partial charge in [-0.15, -0.1) is 0 Å². The van der Waals surface area contributed by atoms with Gasteiger partial charge in [-0.25, -0.2) is 4.79 Å². The molecule has 0 aromatic heterocycles. The first kappa shape index (κ1) is 17.5. The first-order valence-corrected chi connectivity index (χ1v) is 7.25. The molecule has 126 valence electrons. The number of hydrogen-bond acceptors (Lipinski definition) is 5. The second-order valence-corrected chi connectivity index (χ2v) is 5.34. The summed E-state index contributed by atoms with van der Waals surface area (Å²) in [4.78, 5) is 25.6. The van der Waals surface area contributed by atoms with Crippen molar-refractivity contribution in [2.75, 3.05) is 32.9 Å². The third kappa shape index (κ3) is 3.91. The summed E-state index contributed by atoms with van der Waals surface area (Å²) in [5.74, 6) is -0.871. The molecule has 0 saturated carbocycles. The summed E-state index contributed by atoms with van der Waals surface area (Å²) in [5, 5.41) is 8.95. The van der Waals surface area contributed by atoms with Gasteiger partial charge in [0.05, 0.1) is 11.1 Å². The van der Waals surface area contributed by atoms with Crippen LogP contribution in [-0.4, -0.2) is 44.9 Å². The lowest BCUT2D eigenvalue weighted by molar-refractivity contribution is 0.0503. The van der Waals surface area contributed by atoms with Crippen molar-refractivity contribution in [3.8, 4) is 5.75 Å². The smallest absolute Gasteiger partial charge is 0.335 e. The van der Waals surface area contributed by atoms with Crippen LogP contribution in [0.25, 0.3) is 0 Å². The maximum Gasteiger partial charge on any atom is 0.335 e. The molecular formula is C18H19NO5. The van der Waals surface area contributed by atoms with E-state index < -0.39 is 5.97 Å². The van der Waals surface area contributed by atoms with Gasteiger partial charge in [0.25, 0.3) is 0 Å². The monoisotopic (exact) mass is 329 g/mol. The van der Waals surface area contributed by atoms with Crippen LogP contribution < -0.4 is 9.64 Å². The van der Waals surface area contributed by atoms with Gasteiger partial charge in [-0.05, 0) is 30.3 Å². The number of methoxy groups -OCH3 is 1. The van der Waals surface area contributed by atoms with Gasteiger partial charge in [-0.2, -0.15) is 0 Å². The molecule has 0 aliphatic rings. The van der Waals surface area contributed by atoms with Crippen LogP contribution in [-0.2, 0) is 4.74 Å². The lowest BCUT2D eigenvalue weighted by atomic mass is 10.0. The molecule has 6 nitrogen and oxygen atoms in total. The summed E-state index contributed by atoms with van der Waals surface area (Å²) < 4.78 is 10.4. The third-order valence-corrected chi connectivity index (χ3v) is 3.45. The van der Waals surface area contributed by atoms with Crippen molar-refractivity contribution >= 4 is 17.4 Å². The minimum Gasteiger partial charge on any atom is -0.478 e. The molecule has 0 radical (unpaired) electrons. The molecule has 2 rings (SSSR count). The largest absolute Gasteiger partial charge is 0.478 e. The maximum absolute atomic E-state index is 12.8. The molecule has 0 heterocycles. The van der Waals surface area contributed by atoms with Crippen LogP contribution in [0.15, 0.2) is 42.5 Å². The fourth-order valence-corrected chi connectivity index (χ4v) is 2.14. The Hall–Kier alpha value is -2.86. The number of ether oxygens (including phenoxy) is 2. The fraction of sp³-hybridized carbons (Fsp3) is 0.222. The molecule has 6 heteroatoms. The molecule has 2 aromatic carbocycles. The number of anilines is 1. The summed E-state index contributed by atoms with van der Waals surface area (Å²) in [6, 6.07) is 11.1. The number of nitrogens with zero attached hydrogens (tertiary/aromatic N) is 1. The molecule has 24 heavy (non-hydrogen) atoms. The molecule has 0 spiro atoms. The minimum absolute atomic E-state index is 0.0273. The Morgan fingerprint density at radius 1 is 1.04 bits per heavy atom. The van der Waals surface area contributed by atoms with Gasteiger partial charge in [-0.3, -0.25) is 4.79 Å². The van der Waals surface area contributed by atoms with E-state index in [0.29, 0.717) is 16.9 Å². The van der Waals surface area contributed by atoms with Crippen molar-refractivity contribution in [2.24, 2.45) is 0 Å². The first-order chi connectivity index (χ1) is 11.4. The topological polar surface area (TPSA) is 76.1 Å². The molecule has 0 bridgehead atoms. The highest BCUT2D eigenvalue weighted by Gasteiger charge is 2.17. The SMILES string of the molecule is COCOc1ccc(N(C)C)cc1C(=O)c1ccc(C(=O)O)cc1. The third-order valence-electron chi connectivity index (χ3n) is 3.45. The van der Waals surface area contributed by atoms with Gasteiger partial charge in [0.1, 0.15) is 5.75 Å². The van der Waals surface area contributed by atoms with Crippen LogP contribution in [0.1, 0.15) is 26.3 Å². The zero-order chi connectivity index (χ0) is 17.7. The zero-order valence-electron chi connectivity index (χ0n) is 13.8. The Balaban J connectivity index is 2.41. The van der Waals surface area contributed by atoms with Crippen molar-refractivity contribution in [3.05, 3.63) is 59.2 Å². The summed E-state index contributed by atoms with van der Waals surface area (Å²) >= 11 is 0. The predicted octanol–water partition coefficient (Wildman–Crippen LogP) is 2.66. The average Bonchev–Trinajstić information content (AvgIpc) is 2.59. The average molecular weight is 329 g/mol. The lowest BCUT2D eigenvalue weighted by Crippen LogP contribution is -2.12. The van der Waals surface area contributed by atoms with Gasteiger partial charge in [0.2, 0.25) is 0 Å². The van der Waals surface area contributed by atoms with Gasteiger partial charge < -0.3 is 19.5 Å². The molecule has 0 atom stereocenters. The highest BCUT2D eigenvalue weighted by atomic mass is 16.7. The van der Waals surface area contributed by atoms with Crippen LogP contribution in [0.5, 0.6) is 5.75 Å². The normalized spacial score (nSPS) is 10.3. The van der Waals surface area contributed by atoms with E-state index >= 15 is 0 Å². The Labute approximate surface area is 140 Å². The Morgan fingerprint density at radius 3 is 2.21 bits per heavy atom. The van der Waals surface area contributed by atoms with Gasteiger partial charge in [0.15, 0.2) is 12.6 Å². The minimum atomic E-state index is -1.03. The quantitative estimate of drug-likeness (QED) is 0.622. The number of carboxylic acids is 1. The van der Waals surface area contributed by atoms with Gasteiger partial charge >= 0.3 is 5.97 Å². The van der Waals surface area contributed by atoms with Crippen molar-refractivity contribution in [1.29, 1.82) is 0 Å². The predicted molar refractivity (Wildman–Crippen MR) is 90.1 cm³/mol. The van der Waals surface area contributed by atoms with E-state index in [2.05, 4.69) is 0 Å². The van der Waals surface area contributed by atoms with Gasteiger partial charge in [-0.1, -0.05) is 12.1 Å². The number of benzene rings is 2. The molecule has 0 amide bonds. The number of hydrogen-bond donors (Lipinski definition) is 1. The molecule has 0 saturated heterocycles. The van der Waals surface area contributed by atoms with E-state index in [1.807, 2.05) is 25.1 Å². The second-order valence-electron chi connectivity index (χ2n) is 5.34. The molecule has 1 N–H and O–H groups in total. The van der Waals surface area contributed by atoms with E-state index in [1.54, 1.807) is 12.1 Å². The van der Waals surface area contributed by atoms with Crippen LogP contribution in [0.2, 0.25) is 0 Å². The summed E-state index contributed by atoms with van der Waals surface area (Å²) in [7, 11) is 5.25. The van der Waals surface area contributed by atoms with Crippen LogP contribution in [0, 0.1) is 0 Å². The molecule has 0 aliphatic heterocycles. The van der Waals surface area contributed by atoms with E-state index in [0.717, 1.165) is 5.69 Å². The summed E-state index contributed by atoms with van der Waals surface area (Å²) in [5.41, 5.74) is 1.76. The van der Waals surface area contributed by atoms with Gasteiger partial charge in [0, 0.05) is 32.5 Å². The van der Waals surface area contributed by atoms with Crippen molar-refractivity contribution in [2.45, 2.75) is 0 Å². The number of aromatic carboxylic acids is 1. The summed E-state index contributed by atoms with van der Waals surface area (Å²) in [6.07, 6.45) is 0. The van der Waals surface area contributed by atoms with Crippen LogP contribution in [0.3, 0.4) is 0 Å². The molecular weight excluding hydrogens is 310 g/mol. The Kier molecular flexibility index (Phi) is 5.55. The number of ketones is 1. The maximum atomic E-state index is 12.8. The van der Waals surface area contributed by atoms with E-state index in [-0.39, 0.29) is 18.1 Å². The lowest BCUT2D eigenvalue weighted by Gasteiger charge is -2.16. The number of carboxylic acid groups (broad SMARTS) is 1. The van der Waals surface area contributed by atoms with Crippen LogP contribution in [0.4, 0.5) is 5.69 Å². The van der Waals surface area contributed by atoms with Crippen molar-refractivity contribution < 1.29 is 24.2 Å². The van der Waals surface area contributed by atoms with E-state index in [9.17, 15) is 9.59 Å². The van der Waals surface area contributed by atoms with Crippen molar-refractivity contribution in [3.63, 3.8) is 0 Å². The second kappa shape index (κ2) is 7.61. The molecule has 0 unspecified atom stereocenters. The van der Waals surface area contributed by atoms with Crippen molar-refractivity contribution in [1.82, 2.24) is 0 Å². The molecule has 0 aliphatic carbocycles. The highest BCUT2D eigenvalue weighted by Crippen LogP contribution is 2.27. The van der Waals surface area contributed by atoms with E-state index in [1.165, 1.54) is 31.4 Å². The molecule has 0 fully saturated rings. The number of carbonyl (C=O) groups excluding carboxylic acids is 1. The summed E-state index contributed by atoms with van der Waals surface area (Å²) in [6.45, 7) is 0.0273. The Morgan fingerprint density at radius 2 is 1.67 bits per heavy atom. The van der Waals surface area contributed by atoms with E-state index in [4.69, 9.17) is 14.6 Å². The standard InChI is InChI=1S/C18H19NO5/c1-19(2)14-8-9-16(24-11-23-3)15(10-14)17(20)12-4-6-13(7-5-12)18(21)22/h4-10H,11H2,1-3H3,(H,21,22). The van der Waals surface area contributed by atoms with Crippen LogP contribution >= 0.6 is 0 Å². The zero-order valence-corrected chi connectivity index (χ0v) is 13.8. The molecule has 2 aromatic rings. The highest BCUT2D eigenvalue weighted by molar-refractivity contribution is 6.11.